The lowest BCUT2D eigenvalue weighted by molar-refractivity contribution is -0.117. The van der Waals surface area contributed by atoms with Gasteiger partial charge in [-0.2, -0.15) is 0 Å². The molecule has 0 bridgehead atoms. The molecule has 4 rings (SSSR count). The molecule has 6 nitrogen and oxygen atoms in total. The lowest BCUT2D eigenvalue weighted by atomic mass is 9.90. The van der Waals surface area contributed by atoms with Gasteiger partial charge in [-0.1, -0.05) is 6.07 Å². The highest BCUT2D eigenvalue weighted by Gasteiger charge is 2.23. The maximum Gasteiger partial charge on any atom is 0.238 e. The zero-order chi connectivity index (χ0) is 21.6. The molecule has 31 heavy (non-hydrogen) atoms. The number of hydrogen-bond donors (Lipinski definition) is 2. The molecule has 8 heteroatoms. The van der Waals surface area contributed by atoms with Crippen LogP contribution in [-0.4, -0.2) is 40.4 Å². The van der Waals surface area contributed by atoms with E-state index in [4.69, 9.17) is 0 Å². The molecule has 0 atom stereocenters. The van der Waals surface area contributed by atoms with Crippen molar-refractivity contribution >= 4 is 23.2 Å². The molecule has 1 saturated heterocycles. The number of carbonyl (C=O) groups is 1. The first kappa shape index (κ1) is 20.9. The smallest absolute Gasteiger partial charge is 0.238 e. The van der Waals surface area contributed by atoms with Crippen LogP contribution in [0.5, 0.6) is 0 Å². The van der Waals surface area contributed by atoms with E-state index in [1.165, 1.54) is 5.56 Å². The number of nitrogens with one attached hydrogen (secondary N) is 2. The fourth-order valence-electron chi connectivity index (χ4n) is 3.75. The van der Waals surface area contributed by atoms with Gasteiger partial charge < -0.3 is 10.6 Å². The van der Waals surface area contributed by atoms with E-state index in [9.17, 15) is 13.6 Å². The van der Waals surface area contributed by atoms with Crippen molar-refractivity contribution in [3.8, 4) is 0 Å². The maximum absolute atomic E-state index is 13.7. The van der Waals surface area contributed by atoms with Crippen molar-refractivity contribution in [2.45, 2.75) is 18.8 Å². The Morgan fingerprint density at radius 3 is 2.58 bits per heavy atom. The van der Waals surface area contributed by atoms with Crippen molar-refractivity contribution in [3.05, 3.63) is 78.1 Å². The number of piperidine rings is 1. The summed E-state index contributed by atoms with van der Waals surface area (Å²) in [6.07, 6.45) is 5.30. The Balaban J connectivity index is 1.30. The predicted molar refractivity (Wildman–Crippen MR) is 115 cm³/mol. The van der Waals surface area contributed by atoms with Crippen LogP contribution in [0.4, 0.5) is 26.1 Å². The van der Waals surface area contributed by atoms with E-state index >= 15 is 0 Å². The van der Waals surface area contributed by atoms with Gasteiger partial charge in [0.1, 0.15) is 23.3 Å². The van der Waals surface area contributed by atoms with Crippen molar-refractivity contribution in [3.63, 3.8) is 0 Å². The number of amides is 1. The minimum absolute atomic E-state index is 0.135. The summed E-state index contributed by atoms with van der Waals surface area (Å²) in [5.74, 6) is 0.256. The number of rotatable bonds is 6. The minimum atomic E-state index is -0.652. The molecule has 1 aliphatic heterocycles. The molecule has 3 heterocycles. The highest BCUT2D eigenvalue weighted by molar-refractivity contribution is 5.92. The first-order chi connectivity index (χ1) is 15.1. The first-order valence-electron chi connectivity index (χ1n) is 10.2. The minimum Gasteiger partial charge on any atom is -0.325 e. The van der Waals surface area contributed by atoms with E-state index in [1.54, 1.807) is 12.4 Å². The molecule has 160 valence electrons. The van der Waals surface area contributed by atoms with Crippen molar-refractivity contribution < 1.29 is 13.6 Å². The summed E-state index contributed by atoms with van der Waals surface area (Å²) in [6.45, 7) is 1.63. The van der Waals surface area contributed by atoms with E-state index in [0.717, 1.165) is 55.8 Å². The molecule has 0 saturated carbocycles. The molecule has 3 aromatic rings. The summed E-state index contributed by atoms with van der Waals surface area (Å²) in [5, 5.41) is 5.66. The van der Waals surface area contributed by atoms with Crippen LogP contribution in [0.25, 0.3) is 0 Å². The van der Waals surface area contributed by atoms with E-state index in [1.807, 2.05) is 35.2 Å². The van der Waals surface area contributed by atoms with Crippen LogP contribution in [0.15, 0.2) is 60.9 Å². The third-order valence-electron chi connectivity index (χ3n) is 5.33. The highest BCUT2D eigenvalue weighted by Crippen LogP contribution is 2.29. The zero-order valence-corrected chi connectivity index (χ0v) is 16.9. The van der Waals surface area contributed by atoms with E-state index in [2.05, 4.69) is 20.6 Å². The van der Waals surface area contributed by atoms with Gasteiger partial charge in [-0.25, -0.2) is 18.7 Å². The summed E-state index contributed by atoms with van der Waals surface area (Å²) in [5.41, 5.74) is 1.06. The number of likely N-dealkylation sites (tertiary alicyclic amines) is 1. The van der Waals surface area contributed by atoms with Gasteiger partial charge >= 0.3 is 0 Å². The normalized spacial score (nSPS) is 14.9. The molecule has 2 aromatic heterocycles. The van der Waals surface area contributed by atoms with Gasteiger partial charge in [0.05, 0.1) is 12.2 Å². The number of pyridine rings is 2. The van der Waals surface area contributed by atoms with E-state index in [0.29, 0.717) is 5.92 Å². The van der Waals surface area contributed by atoms with Crippen LogP contribution in [-0.2, 0) is 4.79 Å². The Morgan fingerprint density at radius 1 is 1.00 bits per heavy atom. The number of carbonyl (C=O) groups excluding carboxylic acids is 1. The monoisotopic (exact) mass is 423 g/mol. The van der Waals surface area contributed by atoms with Gasteiger partial charge in [0.2, 0.25) is 5.91 Å². The van der Waals surface area contributed by atoms with Gasteiger partial charge in [0.15, 0.2) is 0 Å². The van der Waals surface area contributed by atoms with Gasteiger partial charge in [-0.05, 0) is 73.8 Å². The van der Waals surface area contributed by atoms with Crippen LogP contribution in [0.2, 0.25) is 0 Å². The van der Waals surface area contributed by atoms with E-state index < -0.39 is 11.6 Å². The topological polar surface area (TPSA) is 70.2 Å². The average Bonchev–Trinajstić information content (AvgIpc) is 2.78. The third-order valence-corrected chi connectivity index (χ3v) is 5.33. The Labute approximate surface area is 179 Å². The third kappa shape index (κ3) is 5.61. The quantitative estimate of drug-likeness (QED) is 0.618. The van der Waals surface area contributed by atoms with Crippen molar-refractivity contribution in [1.82, 2.24) is 14.9 Å². The first-order valence-corrected chi connectivity index (χ1v) is 10.2. The Morgan fingerprint density at radius 2 is 1.81 bits per heavy atom. The zero-order valence-electron chi connectivity index (χ0n) is 16.9. The van der Waals surface area contributed by atoms with E-state index in [-0.39, 0.29) is 18.1 Å². The van der Waals surface area contributed by atoms with Crippen LogP contribution in [0.3, 0.4) is 0 Å². The molecule has 1 aliphatic rings. The number of halogens is 2. The van der Waals surface area contributed by atoms with Gasteiger partial charge in [0.25, 0.3) is 0 Å². The lowest BCUT2D eigenvalue weighted by Gasteiger charge is -2.31. The SMILES string of the molecule is O=C(CN1CCC(c2ccnc(Nc3ccccn3)c2)CC1)Nc1cc(F)ccc1F. The van der Waals surface area contributed by atoms with Crippen LogP contribution in [0.1, 0.15) is 24.3 Å². The molecule has 1 amide bonds. The second-order valence-corrected chi connectivity index (χ2v) is 7.54. The Kier molecular flexibility index (Phi) is 6.47. The molecule has 1 fully saturated rings. The molecule has 2 N–H and O–H groups in total. The molecule has 0 radical (unpaired) electrons. The fourth-order valence-corrected chi connectivity index (χ4v) is 3.75. The van der Waals surface area contributed by atoms with Gasteiger partial charge in [-0.3, -0.25) is 9.69 Å². The standard InChI is InChI=1S/C23H23F2N5O/c24-18-4-5-19(25)20(14-18)28-23(31)15-30-11-7-16(8-12-30)17-6-10-27-22(13-17)29-21-3-1-2-9-26-21/h1-6,9-10,13-14,16H,7-8,11-12,15H2,(H,28,31)(H,26,27,29). The van der Waals surface area contributed by atoms with Gasteiger partial charge in [0, 0.05) is 18.5 Å². The average molecular weight is 423 g/mol. The number of hydrogen-bond acceptors (Lipinski definition) is 5. The second kappa shape index (κ2) is 9.61. The summed E-state index contributed by atoms with van der Waals surface area (Å²) in [6, 6.07) is 12.7. The lowest BCUT2D eigenvalue weighted by Crippen LogP contribution is -2.38. The maximum atomic E-state index is 13.7. The predicted octanol–water partition coefficient (Wildman–Crippen LogP) is 4.32. The summed E-state index contributed by atoms with van der Waals surface area (Å²) >= 11 is 0. The van der Waals surface area contributed by atoms with Crippen LogP contribution >= 0.6 is 0 Å². The molecule has 1 aromatic carbocycles. The Bertz CT molecular complexity index is 1040. The van der Waals surface area contributed by atoms with Crippen LogP contribution in [0, 0.1) is 11.6 Å². The Hall–Kier alpha value is -3.39. The highest BCUT2D eigenvalue weighted by atomic mass is 19.1. The second-order valence-electron chi connectivity index (χ2n) is 7.54. The summed E-state index contributed by atoms with van der Waals surface area (Å²) in [7, 11) is 0. The number of benzene rings is 1. The molecule has 0 unspecified atom stereocenters. The summed E-state index contributed by atoms with van der Waals surface area (Å²) in [4.78, 5) is 22.9. The molecular formula is C23H23F2N5O. The van der Waals surface area contributed by atoms with Crippen LogP contribution < -0.4 is 10.6 Å². The number of anilines is 3. The van der Waals surface area contributed by atoms with Crippen molar-refractivity contribution in [1.29, 1.82) is 0 Å². The van der Waals surface area contributed by atoms with Crippen molar-refractivity contribution in [2.24, 2.45) is 0 Å². The molecule has 0 aliphatic carbocycles. The number of nitrogens with zero attached hydrogens (tertiary/aromatic N) is 3. The number of aromatic nitrogens is 2. The largest absolute Gasteiger partial charge is 0.325 e. The van der Waals surface area contributed by atoms with Gasteiger partial charge in [-0.15, -0.1) is 0 Å². The molecule has 0 spiro atoms. The molecular weight excluding hydrogens is 400 g/mol. The van der Waals surface area contributed by atoms with Crippen molar-refractivity contribution in [2.75, 3.05) is 30.3 Å². The fraction of sp³-hybridized carbons (Fsp3) is 0.261. The summed E-state index contributed by atoms with van der Waals surface area (Å²) < 4.78 is 27.0.